The van der Waals surface area contributed by atoms with Gasteiger partial charge in [-0.25, -0.2) is 4.39 Å². The average Bonchev–Trinajstić information content (AvgIpc) is 2.20. The molecule has 1 atom stereocenters. The highest BCUT2D eigenvalue weighted by Gasteiger charge is 2.16. The van der Waals surface area contributed by atoms with E-state index in [1.165, 1.54) is 6.92 Å². The van der Waals surface area contributed by atoms with E-state index in [1.807, 2.05) is 0 Å². The van der Waals surface area contributed by atoms with Gasteiger partial charge in [0, 0.05) is 6.07 Å². The van der Waals surface area contributed by atoms with Crippen LogP contribution in [-0.4, -0.2) is 16.9 Å². The number of benzene rings is 1. The van der Waals surface area contributed by atoms with Crippen LogP contribution in [0.3, 0.4) is 0 Å². The number of carbonyl (C=O) groups is 1. The number of non-ortho nitro benzene ring substituents is 1. The number of halogens is 1. The lowest BCUT2D eigenvalue weighted by Gasteiger charge is -2.11. The SMILES string of the molecule is CC(Oc1ccc([N+](=O)[O-])cc1F)C(N)=O. The van der Waals surface area contributed by atoms with Crippen LogP contribution in [0.25, 0.3) is 0 Å². The summed E-state index contributed by atoms with van der Waals surface area (Å²) in [7, 11) is 0. The van der Waals surface area contributed by atoms with Crippen molar-refractivity contribution < 1.29 is 18.8 Å². The van der Waals surface area contributed by atoms with E-state index in [1.54, 1.807) is 0 Å². The van der Waals surface area contributed by atoms with E-state index in [4.69, 9.17) is 10.5 Å². The molecule has 1 aromatic rings. The van der Waals surface area contributed by atoms with Crippen LogP contribution in [0.5, 0.6) is 5.75 Å². The zero-order valence-corrected chi connectivity index (χ0v) is 8.34. The van der Waals surface area contributed by atoms with Gasteiger partial charge in [-0.3, -0.25) is 14.9 Å². The van der Waals surface area contributed by atoms with Crippen molar-refractivity contribution in [2.75, 3.05) is 0 Å². The molecule has 0 saturated heterocycles. The largest absolute Gasteiger partial charge is 0.478 e. The first-order valence-electron chi connectivity index (χ1n) is 4.31. The minimum Gasteiger partial charge on any atom is -0.478 e. The molecule has 1 unspecified atom stereocenters. The first-order valence-corrected chi connectivity index (χ1v) is 4.31. The van der Waals surface area contributed by atoms with Gasteiger partial charge >= 0.3 is 0 Å². The first-order chi connectivity index (χ1) is 7.41. The summed E-state index contributed by atoms with van der Waals surface area (Å²) < 4.78 is 18.1. The number of hydrogen-bond acceptors (Lipinski definition) is 4. The second-order valence-corrected chi connectivity index (χ2v) is 3.03. The first kappa shape index (κ1) is 11.9. The van der Waals surface area contributed by atoms with Gasteiger partial charge in [-0.2, -0.15) is 0 Å². The quantitative estimate of drug-likeness (QED) is 0.613. The molecule has 0 saturated carbocycles. The van der Waals surface area contributed by atoms with Crippen LogP contribution in [0.1, 0.15) is 6.92 Å². The van der Waals surface area contributed by atoms with Crippen LogP contribution in [-0.2, 0) is 4.79 Å². The van der Waals surface area contributed by atoms with Crippen molar-refractivity contribution in [1.82, 2.24) is 0 Å². The van der Waals surface area contributed by atoms with Crippen molar-refractivity contribution >= 4 is 11.6 Å². The van der Waals surface area contributed by atoms with Gasteiger partial charge in [0.1, 0.15) is 0 Å². The molecule has 0 radical (unpaired) electrons. The molecule has 7 heteroatoms. The highest BCUT2D eigenvalue weighted by Crippen LogP contribution is 2.23. The normalized spacial score (nSPS) is 11.9. The van der Waals surface area contributed by atoms with Crippen molar-refractivity contribution in [3.63, 3.8) is 0 Å². The number of rotatable bonds is 4. The maximum atomic E-state index is 13.3. The molecule has 0 aromatic heterocycles. The predicted molar refractivity (Wildman–Crippen MR) is 52.3 cm³/mol. The molecule has 6 nitrogen and oxygen atoms in total. The number of ether oxygens (including phenoxy) is 1. The third kappa shape index (κ3) is 2.66. The molecule has 1 aromatic carbocycles. The Hall–Kier alpha value is -2.18. The van der Waals surface area contributed by atoms with Crippen molar-refractivity contribution in [3.8, 4) is 5.75 Å². The zero-order valence-electron chi connectivity index (χ0n) is 8.34. The Kier molecular flexibility index (Phi) is 3.39. The number of nitro groups is 1. The smallest absolute Gasteiger partial charge is 0.272 e. The predicted octanol–water partition coefficient (Wildman–Crippen LogP) is 0.986. The average molecular weight is 228 g/mol. The van der Waals surface area contributed by atoms with E-state index < -0.39 is 28.4 Å². The van der Waals surface area contributed by atoms with Gasteiger partial charge in [0.25, 0.3) is 11.6 Å². The van der Waals surface area contributed by atoms with Gasteiger partial charge in [-0.15, -0.1) is 0 Å². The summed E-state index contributed by atoms with van der Waals surface area (Å²) in [6.45, 7) is 1.35. The van der Waals surface area contributed by atoms with Crippen LogP contribution in [0.4, 0.5) is 10.1 Å². The van der Waals surface area contributed by atoms with Crippen LogP contribution in [0, 0.1) is 15.9 Å². The summed E-state index contributed by atoms with van der Waals surface area (Å²) in [5, 5.41) is 10.3. The second-order valence-electron chi connectivity index (χ2n) is 3.03. The van der Waals surface area contributed by atoms with Gasteiger partial charge in [-0.05, 0) is 13.0 Å². The molecular weight excluding hydrogens is 219 g/mol. The number of carbonyl (C=O) groups excluding carboxylic acids is 1. The summed E-state index contributed by atoms with van der Waals surface area (Å²) in [5.41, 5.74) is 4.53. The highest BCUT2D eigenvalue weighted by molar-refractivity contribution is 5.78. The van der Waals surface area contributed by atoms with Crippen molar-refractivity contribution in [2.24, 2.45) is 5.73 Å². The van der Waals surface area contributed by atoms with E-state index >= 15 is 0 Å². The fourth-order valence-electron chi connectivity index (χ4n) is 0.947. The van der Waals surface area contributed by atoms with Gasteiger partial charge in [0.05, 0.1) is 11.0 Å². The molecule has 0 aliphatic rings. The summed E-state index contributed by atoms with van der Waals surface area (Å²) in [5.74, 6) is -1.92. The summed E-state index contributed by atoms with van der Waals surface area (Å²) >= 11 is 0. The Bertz CT molecular complexity index is 436. The summed E-state index contributed by atoms with van der Waals surface area (Å²) in [6.07, 6.45) is -1.00. The molecule has 0 aliphatic heterocycles. The summed E-state index contributed by atoms with van der Waals surface area (Å²) in [4.78, 5) is 20.2. The van der Waals surface area contributed by atoms with Gasteiger partial charge < -0.3 is 10.5 Å². The molecule has 16 heavy (non-hydrogen) atoms. The lowest BCUT2D eigenvalue weighted by molar-refractivity contribution is -0.385. The van der Waals surface area contributed by atoms with E-state index in [0.29, 0.717) is 6.07 Å². The zero-order chi connectivity index (χ0) is 12.3. The molecular formula is C9H9FN2O4. The number of nitrogens with zero attached hydrogens (tertiary/aromatic N) is 1. The van der Waals surface area contributed by atoms with E-state index in [0.717, 1.165) is 12.1 Å². The molecule has 0 bridgehead atoms. The fraction of sp³-hybridized carbons (Fsp3) is 0.222. The number of primary amides is 1. The Morgan fingerprint density at radius 3 is 2.69 bits per heavy atom. The Morgan fingerprint density at radius 1 is 1.62 bits per heavy atom. The van der Waals surface area contributed by atoms with Gasteiger partial charge in [0.2, 0.25) is 0 Å². The number of nitrogens with two attached hydrogens (primary N) is 1. The fourth-order valence-corrected chi connectivity index (χ4v) is 0.947. The Morgan fingerprint density at radius 2 is 2.25 bits per heavy atom. The molecule has 1 amide bonds. The Labute approximate surface area is 90.0 Å². The van der Waals surface area contributed by atoms with Crippen LogP contribution in [0.2, 0.25) is 0 Å². The molecule has 2 N–H and O–H groups in total. The van der Waals surface area contributed by atoms with Gasteiger partial charge in [0.15, 0.2) is 17.7 Å². The Balaban J connectivity index is 2.91. The van der Waals surface area contributed by atoms with Crippen molar-refractivity contribution in [3.05, 3.63) is 34.1 Å². The number of nitro benzene ring substituents is 1. The molecule has 0 fully saturated rings. The highest BCUT2D eigenvalue weighted by atomic mass is 19.1. The maximum Gasteiger partial charge on any atom is 0.272 e. The second kappa shape index (κ2) is 4.56. The molecule has 0 heterocycles. The third-order valence-electron chi connectivity index (χ3n) is 1.83. The van der Waals surface area contributed by atoms with Crippen LogP contribution >= 0.6 is 0 Å². The van der Waals surface area contributed by atoms with Gasteiger partial charge in [-0.1, -0.05) is 0 Å². The molecule has 0 aliphatic carbocycles. The third-order valence-corrected chi connectivity index (χ3v) is 1.83. The minimum absolute atomic E-state index is 0.253. The van der Waals surface area contributed by atoms with E-state index in [-0.39, 0.29) is 5.75 Å². The lowest BCUT2D eigenvalue weighted by atomic mass is 10.3. The molecule has 86 valence electrons. The van der Waals surface area contributed by atoms with E-state index in [9.17, 15) is 19.3 Å². The maximum absolute atomic E-state index is 13.3. The summed E-state index contributed by atoms with van der Waals surface area (Å²) in [6, 6.07) is 2.86. The molecule has 0 spiro atoms. The standard InChI is InChI=1S/C9H9FN2O4/c1-5(9(11)13)16-8-3-2-6(12(14)15)4-7(8)10/h2-5H,1H3,(H2,11,13). The van der Waals surface area contributed by atoms with Crippen molar-refractivity contribution in [2.45, 2.75) is 13.0 Å². The lowest BCUT2D eigenvalue weighted by Crippen LogP contribution is -2.30. The van der Waals surface area contributed by atoms with Crippen LogP contribution in [0.15, 0.2) is 18.2 Å². The monoisotopic (exact) mass is 228 g/mol. The number of hydrogen-bond donors (Lipinski definition) is 1. The number of amides is 1. The minimum atomic E-state index is -1.00. The van der Waals surface area contributed by atoms with Crippen molar-refractivity contribution in [1.29, 1.82) is 0 Å². The molecule has 1 rings (SSSR count). The van der Waals surface area contributed by atoms with Crippen LogP contribution < -0.4 is 10.5 Å². The topological polar surface area (TPSA) is 95.5 Å². The van der Waals surface area contributed by atoms with E-state index in [2.05, 4.69) is 0 Å².